The summed E-state index contributed by atoms with van der Waals surface area (Å²) in [5, 5.41) is 12.6. The predicted octanol–water partition coefficient (Wildman–Crippen LogP) is 2.77. The van der Waals surface area contributed by atoms with Gasteiger partial charge in [0, 0.05) is 18.6 Å². The van der Waals surface area contributed by atoms with Crippen LogP contribution in [0, 0.1) is 12.8 Å². The topological polar surface area (TPSA) is 49.3 Å². The molecule has 2 rings (SSSR count). The van der Waals surface area contributed by atoms with Gasteiger partial charge in [-0.3, -0.25) is 4.79 Å². The zero-order valence-electron chi connectivity index (χ0n) is 12.4. The first-order valence-electron chi connectivity index (χ1n) is 7.59. The van der Waals surface area contributed by atoms with Gasteiger partial charge in [0.2, 0.25) is 5.91 Å². The molecule has 0 saturated heterocycles. The van der Waals surface area contributed by atoms with Crippen LogP contribution in [0.3, 0.4) is 0 Å². The Bertz CT molecular complexity index is 458. The molecule has 0 aromatic heterocycles. The van der Waals surface area contributed by atoms with Crippen molar-refractivity contribution in [1.82, 2.24) is 5.32 Å². The van der Waals surface area contributed by atoms with Gasteiger partial charge < -0.3 is 10.4 Å². The van der Waals surface area contributed by atoms with Gasteiger partial charge in [-0.25, -0.2) is 0 Å². The van der Waals surface area contributed by atoms with Crippen molar-refractivity contribution in [2.24, 2.45) is 5.92 Å². The Hall–Kier alpha value is -1.35. The molecule has 1 fully saturated rings. The molecule has 3 nitrogen and oxygen atoms in total. The van der Waals surface area contributed by atoms with Crippen molar-refractivity contribution in [2.75, 3.05) is 6.61 Å². The molecule has 2 N–H and O–H groups in total. The predicted molar refractivity (Wildman–Crippen MR) is 80.6 cm³/mol. The maximum atomic E-state index is 12.4. The van der Waals surface area contributed by atoms with E-state index in [1.165, 1.54) is 5.56 Å². The average molecular weight is 275 g/mol. The quantitative estimate of drug-likeness (QED) is 0.887. The number of aryl methyl sites for hydroxylation is 1. The number of hydrogen-bond acceptors (Lipinski definition) is 2. The highest BCUT2D eigenvalue weighted by atomic mass is 16.3. The summed E-state index contributed by atoms with van der Waals surface area (Å²) in [4.78, 5) is 12.4. The van der Waals surface area contributed by atoms with Gasteiger partial charge in [-0.1, -0.05) is 42.7 Å². The lowest BCUT2D eigenvalue weighted by atomic mass is 9.84. The highest BCUT2D eigenvalue weighted by Crippen LogP contribution is 2.25. The fourth-order valence-corrected chi connectivity index (χ4v) is 3.01. The highest BCUT2D eigenvalue weighted by Gasteiger charge is 2.27. The molecule has 3 unspecified atom stereocenters. The van der Waals surface area contributed by atoms with Gasteiger partial charge in [-0.2, -0.15) is 0 Å². The summed E-state index contributed by atoms with van der Waals surface area (Å²) in [5.41, 5.74) is 2.23. The number of hydrogen-bond donors (Lipinski definition) is 2. The van der Waals surface area contributed by atoms with Crippen molar-refractivity contribution in [3.63, 3.8) is 0 Å². The van der Waals surface area contributed by atoms with Crippen LogP contribution in [0.5, 0.6) is 0 Å². The number of benzene rings is 1. The first-order valence-corrected chi connectivity index (χ1v) is 7.59. The molecule has 0 bridgehead atoms. The molecule has 0 aliphatic heterocycles. The minimum absolute atomic E-state index is 0.0703. The molecule has 0 heterocycles. The standard InChI is InChI=1S/C17H25NO2/c1-12-6-5-8-14(10-12)13(2)17(20)18-16-9-4-3-7-15(16)11-19/h5-6,8,10,13,15-16,19H,3-4,7,9,11H2,1-2H3,(H,18,20). The van der Waals surface area contributed by atoms with E-state index in [2.05, 4.69) is 11.4 Å². The third kappa shape index (κ3) is 3.60. The second-order valence-corrected chi connectivity index (χ2v) is 5.98. The second kappa shape index (κ2) is 6.89. The lowest BCUT2D eigenvalue weighted by Crippen LogP contribution is -2.44. The SMILES string of the molecule is Cc1cccc(C(C)C(=O)NC2CCCCC2CO)c1. The van der Waals surface area contributed by atoms with Crippen LogP contribution in [0.15, 0.2) is 24.3 Å². The highest BCUT2D eigenvalue weighted by molar-refractivity contribution is 5.83. The van der Waals surface area contributed by atoms with E-state index in [0.29, 0.717) is 0 Å². The number of aliphatic hydroxyl groups excluding tert-OH is 1. The molecule has 110 valence electrons. The van der Waals surface area contributed by atoms with E-state index >= 15 is 0 Å². The number of carbonyl (C=O) groups excluding carboxylic acids is 1. The first-order chi connectivity index (χ1) is 9.61. The number of nitrogens with one attached hydrogen (secondary N) is 1. The summed E-state index contributed by atoms with van der Waals surface area (Å²) in [6.45, 7) is 4.15. The van der Waals surface area contributed by atoms with Crippen molar-refractivity contribution in [3.05, 3.63) is 35.4 Å². The molecule has 0 radical (unpaired) electrons. The van der Waals surface area contributed by atoms with Crippen LogP contribution in [0.4, 0.5) is 0 Å². The molecule has 1 amide bonds. The Morgan fingerprint density at radius 1 is 1.40 bits per heavy atom. The molecule has 3 heteroatoms. The summed E-state index contributed by atoms with van der Waals surface area (Å²) in [7, 11) is 0. The largest absolute Gasteiger partial charge is 0.396 e. The van der Waals surface area contributed by atoms with E-state index in [-0.39, 0.29) is 30.4 Å². The maximum absolute atomic E-state index is 12.4. The van der Waals surface area contributed by atoms with Crippen LogP contribution in [-0.4, -0.2) is 23.7 Å². The fourth-order valence-electron chi connectivity index (χ4n) is 3.01. The monoisotopic (exact) mass is 275 g/mol. The minimum atomic E-state index is -0.142. The molecular weight excluding hydrogens is 250 g/mol. The van der Waals surface area contributed by atoms with Crippen LogP contribution in [0.1, 0.15) is 49.7 Å². The summed E-state index contributed by atoms with van der Waals surface area (Å²) in [5.74, 6) is 0.148. The molecule has 1 aromatic rings. The van der Waals surface area contributed by atoms with Crippen molar-refractivity contribution in [3.8, 4) is 0 Å². The summed E-state index contributed by atoms with van der Waals surface area (Å²) < 4.78 is 0. The van der Waals surface area contributed by atoms with E-state index in [1.54, 1.807) is 0 Å². The summed E-state index contributed by atoms with van der Waals surface area (Å²) >= 11 is 0. The zero-order valence-corrected chi connectivity index (χ0v) is 12.4. The Balaban J connectivity index is 2.00. The Morgan fingerprint density at radius 3 is 2.85 bits per heavy atom. The Labute approximate surface area is 121 Å². The summed E-state index contributed by atoms with van der Waals surface area (Å²) in [6, 6.07) is 8.23. The average Bonchev–Trinajstić information content (AvgIpc) is 2.47. The molecule has 3 atom stereocenters. The summed E-state index contributed by atoms with van der Waals surface area (Å²) in [6.07, 6.45) is 4.29. The second-order valence-electron chi connectivity index (χ2n) is 5.98. The third-order valence-electron chi connectivity index (χ3n) is 4.41. The van der Waals surface area contributed by atoms with Crippen LogP contribution >= 0.6 is 0 Å². The molecule has 20 heavy (non-hydrogen) atoms. The minimum Gasteiger partial charge on any atom is -0.396 e. The van der Waals surface area contributed by atoms with Crippen molar-refractivity contribution in [1.29, 1.82) is 0 Å². The van der Waals surface area contributed by atoms with Crippen LogP contribution in [-0.2, 0) is 4.79 Å². The number of amides is 1. The van der Waals surface area contributed by atoms with Gasteiger partial charge in [-0.15, -0.1) is 0 Å². The van der Waals surface area contributed by atoms with Gasteiger partial charge in [0.05, 0.1) is 5.92 Å². The van der Waals surface area contributed by atoms with Gasteiger partial charge in [0.15, 0.2) is 0 Å². The van der Waals surface area contributed by atoms with Crippen LogP contribution in [0.25, 0.3) is 0 Å². The van der Waals surface area contributed by atoms with Gasteiger partial charge >= 0.3 is 0 Å². The van der Waals surface area contributed by atoms with Crippen LogP contribution < -0.4 is 5.32 Å². The first kappa shape index (κ1) is 15.0. The van der Waals surface area contributed by atoms with E-state index < -0.39 is 0 Å². The smallest absolute Gasteiger partial charge is 0.227 e. The van der Waals surface area contributed by atoms with Crippen LogP contribution in [0.2, 0.25) is 0 Å². The number of aliphatic hydroxyl groups is 1. The third-order valence-corrected chi connectivity index (χ3v) is 4.41. The molecular formula is C17H25NO2. The lowest BCUT2D eigenvalue weighted by molar-refractivity contribution is -0.123. The molecule has 1 saturated carbocycles. The Morgan fingerprint density at radius 2 is 2.15 bits per heavy atom. The Kier molecular flexibility index (Phi) is 5.18. The zero-order chi connectivity index (χ0) is 14.5. The number of carbonyl (C=O) groups is 1. The van der Waals surface area contributed by atoms with Crippen molar-refractivity contribution < 1.29 is 9.90 Å². The fraction of sp³-hybridized carbons (Fsp3) is 0.588. The molecule has 1 aromatic carbocycles. The van der Waals surface area contributed by atoms with Gasteiger partial charge in [-0.05, 0) is 32.3 Å². The van der Waals surface area contributed by atoms with Crippen molar-refractivity contribution >= 4 is 5.91 Å². The molecule has 1 aliphatic rings. The van der Waals surface area contributed by atoms with Gasteiger partial charge in [0.1, 0.15) is 0 Å². The van der Waals surface area contributed by atoms with E-state index in [9.17, 15) is 9.90 Å². The molecule has 0 spiro atoms. The maximum Gasteiger partial charge on any atom is 0.227 e. The normalized spacial score (nSPS) is 24.1. The van der Waals surface area contributed by atoms with E-state index in [0.717, 1.165) is 31.2 Å². The lowest BCUT2D eigenvalue weighted by Gasteiger charge is -2.31. The van der Waals surface area contributed by atoms with E-state index in [4.69, 9.17) is 0 Å². The van der Waals surface area contributed by atoms with Gasteiger partial charge in [0.25, 0.3) is 0 Å². The van der Waals surface area contributed by atoms with Crippen molar-refractivity contribution in [2.45, 2.75) is 51.5 Å². The van der Waals surface area contributed by atoms with E-state index in [1.807, 2.05) is 32.0 Å². The molecule has 1 aliphatic carbocycles. The number of rotatable bonds is 4.